The van der Waals surface area contributed by atoms with Crippen molar-refractivity contribution in [2.75, 3.05) is 33.5 Å². The van der Waals surface area contributed by atoms with Crippen LogP contribution in [0.25, 0.3) is 5.76 Å². The van der Waals surface area contributed by atoms with Gasteiger partial charge in [-0.05, 0) is 68.7 Å². The first-order valence-corrected chi connectivity index (χ1v) is 12.4. The van der Waals surface area contributed by atoms with Crippen molar-refractivity contribution in [3.63, 3.8) is 0 Å². The van der Waals surface area contributed by atoms with Crippen molar-refractivity contribution in [3.05, 3.63) is 58.7 Å². The van der Waals surface area contributed by atoms with Crippen LogP contribution in [0.1, 0.15) is 49.9 Å². The lowest BCUT2D eigenvalue weighted by molar-refractivity contribution is -0.140. The van der Waals surface area contributed by atoms with Crippen LogP contribution in [0, 0.1) is 0 Å². The van der Waals surface area contributed by atoms with Crippen LogP contribution in [0.2, 0.25) is 0 Å². The van der Waals surface area contributed by atoms with Crippen LogP contribution in [0.15, 0.2) is 42.0 Å². The molecule has 1 saturated heterocycles. The van der Waals surface area contributed by atoms with E-state index in [1.54, 1.807) is 37.4 Å². The van der Waals surface area contributed by atoms with E-state index >= 15 is 0 Å². The third-order valence-electron chi connectivity index (χ3n) is 6.34. The Balaban J connectivity index is 1.82. The van der Waals surface area contributed by atoms with Crippen molar-refractivity contribution in [1.82, 2.24) is 4.90 Å². The maximum atomic E-state index is 13.3. The highest BCUT2D eigenvalue weighted by molar-refractivity contribution is 6.46. The summed E-state index contributed by atoms with van der Waals surface area (Å²) < 4.78 is 22.4. The molecule has 2 aromatic rings. The number of benzene rings is 2. The summed E-state index contributed by atoms with van der Waals surface area (Å²) in [7, 11) is 1.59. The van der Waals surface area contributed by atoms with Crippen LogP contribution < -0.4 is 14.2 Å². The summed E-state index contributed by atoms with van der Waals surface area (Å²) in [4.78, 5) is 27.9. The average Bonchev–Trinajstić information content (AvgIpc) is 3.36. The molecular weight excluding hydrogens is 462 g/mol. The lowest BCUT2D eigenvalue weighted by Crippen LogP contribution is -2.31. The Bertz CT molecular complexity index is 1170. The van der Waals surface area contributed by atoms with Gasteiger partial charge in [0, 0.05) is 32.2 Å². The van der Waals surface area contributed by atoms with Gasteiger partial charge in [0.15, 0.2) is 11.5 Å². The molecule has 2 heterocycles. The molecular formula is C28H33NO7. The van der Waals surface area contributed by atoms with E-state index in [1.165, 1.54) is 4.90 Å². The van der Waals surface area contributed by atoms with Gasteiger partial charge in [0.2, 0.25) is 0 Å². The van der Waals surface area contributed by atoms with Gasteiger partial charge >= 0.3 is 0 Å². The van der Waals surface area contributed by atoms with Gasteiger partial charge in [-0.1, -0.05) is 6.07 Å². The van der Waals surface area contributed by atoms with Crippen LogP contribution >= 0.6 is 0 Å². The van der Waals surface area contributed by atoms with E-state index in [0.717, 1.165) is 11.3 Å². The van der Waals surface area contributed by atoms with E-state index in [9.17, 15) is 14.7 Å². The van der Waals surface area contributed by atoms with Gasteiger partial charge in [0.05, 0.1) is 24.8 Å². The van der Waals surface area contributed by atoms with E-state index < -0.39 is 17.7 Å². The fourth-order valence-electron chi connectivity index (χ4n) is 4.80. The zero-order chi connectivity index (χ0) is 25.8. The molecule has 1 N–H and O–H groups in total. The summed E-state index contributed by atoms with van der Waals surface area (Å²) in [6.07, 6.45) is 1.30. The number of aliphatic hydroxyl groups is 1. The predicted octanol–water partition coefficient (Wildman–Crippen LogP) is 4.27. The van der Waals surface area contributed by atoms with Crippen LogP contribution in [0.3, 0.4) is 0 Å². The van der Waals surface area contributed by atoms with Crippen molar-refractivity contribution in [2.45, 2.75) is 45.8 Å². The number of methoxy groups -OCH3 is 1. The Morgan fingerprint density at radius 2 is 1.83 bits per heavy atom. The first kappa shape index (κ1) is 25.6. The van der Waals surface area contributed by atoms with E-state index in [1.807, 2.05) is 26.8 Å². The summed E-state index contributed by atoms with van der Waals surface area (Å²) >= 11 is 0. The number of fused-ring (bicyclic) bond motifs is 1. The Labute approximate surface area is 211 Å². The molecule has 0 aliphatic carbocycles. The Morgan fingerprint density at radius 1 is 1.08 bits per heavy atom. The second-order valence-electron chi connectivity index (χ2n) is 8.87. The molecule has 0 aromatic heterocycles. The first-order chi connectivity index (χ1) is 17.4. The number of carbonyl (C=O) groups excluding carboxylic acids is 2. The molecule has 1 amide bonds. The molecule has 8 heteroatoms. The van der Waals surface area contributed by atoms with E-state index in [2.05, 4.69) is 0 Å². The smallest absolute Gasteiger partial charge is 0.295 e. The van der Waals surface area contributed by atoms with Gasteiger partial charge in [0.1, 0.15) is 17.6 Å². The molecule has 2 aliphatic rings. The van der Waals surface area contributed by atoms with Gasteiger partial charge in [-0.25, -0.2) is 0 Å². The van der Waals surface area contributed by atoms with Gasteiger partial charge in [-0.3, -0.25) is 9.59 Å². The van der Waals surface area contributed by atoms with Crippen molar-refractivity contribution < 1.29 is 33.6 Å². The zero-order valence-corrected chi connectivity index (χ0v) is 21.2. The molecule has 36 heavy (non-hydrogen) atoms. The van der Waals surface area contributed by atoms with Gasteiger partial charge in [-0.15, -0.1) is 0 Å². The summed E-state index contributed by atoms with van der Waals surface area (Å²) in [5.74, 6) is 0.287. The lowest BCUT2D eigenvalue weighted by Gasteiger charge is -2.26. The van der Waals surface area contributed by atoms with Gasteiger partial charge < -0.3 is 29.0 Å². The Morgan fingerprint density at radius 3 is 2.56 bits per heavy atom. The molecule has 2 aliphatic heterocycles. The molecule has 4 rings (SSSR count). The third-order valence-corrected chi connectivity index (χ3v) is 6.34. The minimum Gasteiger partial charge on any atom is -0.507 e. The van der Waals surface area contributed by atoms with Crippen molar-refractivity contribution in [1.29, 1.82) is 0 Å². The minimum absolute atomic E-state index is 0.0459. The van der Waals surface area contributed by atoms with Crippen molar-refractivity contribution in [2.24, 2.45) is 0 Å². The quantitative estimate of drug-likeness (QED) is 0.228. The number of carbonyl (C=O) groups is 2. The summed E-state index contributed by atoms with van der Waals surface area (Å²) in [6, 6.07) is 9.91. The topological polar surface area (TPSA) is 94.5 Å². The van der Waals surface area contributed by atoms with E-state index in [-0.39, 0.29) is 17.4 Å². The summed E-state index contributed by atoms with van der Waals surface area (Å²) in [6.45, 7) is 7.36. The molecule has 8 nitrogen and oxygen atoms in total. The number of nitrogens with zero attached hydrogens (tertiary/aromatic N) is 1. The second kappa shape index (κ2) is 11.0. The number of hydrogen-bond donors (Lipinski definition) is 1. The number of amides is 1. The minimum atomic E-state index is -0.778. The van der Waals surface area contributed by atoms with Crippen LogP contribution in [-0.4, -0.2) is 61.3 Å². The molecule has 0 bridgehead atoms. The third kappa shape index (κ3) is 4.91. The maximum Gasteiger partial charge on any atom is 0.295 e. The Hall–Kier alpha value is -3.52. The zero-order valence-electron chi connectivity index (χ0n) is 21.2. The Kier molecular flexibility index (Phi) is 7.84. The molecule has 0 saturated carbocycles. The molecule has 0 unspecified atom stereocenters. The molecule has 0 radical (unpaired) electrons. The molecule has 192 valence electrons. The molecule has 2 atom stereocenters. The monoisotopic (exact) mass is 495 g/mol. The number of aliphatic hydroxyl groups excluding tert-OH is 1. The number of rotatable bonds is 10. The number of hydrogen-bond acceptors (Lipinski definition) is 7. The number of Topliss-reactive ketones (excluding diaryl/α,β-unsaturated/α-hetero) is 1. The van der Waals surface area contributed by atoms with E-state index in [4.69, 9.17) is 18.9 Å². The molecule has 2 aromatic carbocycles. The van der Waals surface area contributed by atoms with E-state index in [0.29, 0.717) is 61.8 Å². The molecule has 0 spiro atoms. The average molecular weight is 496 g/mol. The highest BCUT2D eigenvalue weighted by Gasteiger charge is 2.46. The van der Waals surface area contributed by atoms with Crippen molar-refractivity contribution >= 4 is 17.4 Å². The summed E-state index contributed by atoms with van der Waals surface area (Å²) in [5, 5.41) is 11.4. The fourth-order valence-corrected chi connectivity index (χ4v) is 4.80. The molecule has 1 fully saturated rings. The standard InChI is InChI=1S/C28H33NO7/c1-5-34-22-11-8-18(16-23(22)35-6-2)25-24(27(31)28(32)29(25)12-7-13-33-4)26(30)19-9-10-21-20(15-19)14-17(3)36-21/h8-11,15-17,25,30H,5-7,12-14H2,1-4H3/t17-,25-/m0/s1. The second-order valence-corrected chi connectivity index (χ2v) is 8.87. The van der Waals surface area contributed by atoms with Gasteiger partial charge in [0.25, 0.3) is 11.7 Å². The first-order valence-electron chi connectivity index (χ1n) is 12.4. The van der Waals surface area contributed by atoms with Crippen LogP contribution in [0.4, 0.5) is 0 Å². The highest BCUT2D eigenvalue weighted by atomic mass is 16.5. The predicted molar refractivity (Wildman–Crippen MR) is 135 cm³/mol. The SMILES string of the molecule is CCOc1ccc([C@H]2C(=C(O)c3ccc4c(c3)C[C@H](C)O4)C(=O)C(=O)N2CCCOC)cc1OCC. The normalized spacial score (nSPS) is 20.4. The lowest BCUT2D eigenvalue weighted by atomic mass is 9.94. The number of ether oxygens (including phenoxy) is 4. The maximum absolute atomic E-state index is 13.3. The summed E-state index contributed by atoms with van der Waals surface area (Å²) in [5.41, 5.74) is 2.13. The highest BCUT2D eigenvalue weighted by Crippen LogP contribution is 2.43. The van der Waals surface area contributed by atoms with Crippen LogP contribution in [-0.2, 0) is 20.7 Å². The number of ketones is 1. The number of likely N-dealkylation sites (tertiary alicyclic amines) is 1. The largest absolute Gasteiger partial charge is 0.507 e. The van der Waals surface area contributed by atoms with Crippen LogP contribution in [0.5, 0.6) is 17.2 Å². The fraction of sp³-hybridized carbons (Fsp3) is 0.429. The van der Waals surface area contributed by atoms with Crippen molar-refractivity contribution in [3.8, 4) is 17.2 Å². The van der Waals surface area contributed by atoms with Gasteiger partial charge in [-0.2, -0.15) is 0 Å².